The number of rotatable bonds is 2. The van der Waals surface area contributed by atoms with Gasteiger partial charge in [0.05, 0.1) is 0 Å². The third-order valence-electron chi connectivity index (χ3n) is 2.97. The minimum atomic E-state index is 0.784. The van der Waals surface area contributed by atoms with Crippen molar-refractivity contribution in [3.05, 3.63) is 41.0 Å². The molecule has 0 atom stereocenters. The maximum Gasteiger partial charge on any atom is 0.150 e. The predicted octanol–water partition coefficient (Wildman–Crippen LogP) is 3.87. The van der Waals surface area contributed by atoms with Crippen LogP contribution in [0.1, 0.15) is 35.7 Å². The molecule has 1 nitrogen and oxygen atoms in total. The van der Waals surface area contributed by atoms with Crippen molar-refractivity contribution in [2.24, 2.45) is 0 Å². The van der Waals surface area contributed by atoms with E-state index < -0.39 is 0 Å². The van der Waals surface area contributed by atoms with E-state index in [9.17, 15) is 4.79 Å². The van der Waals surface area contributed by atoms with E-state index in [2.05, 4.69) is 19.1 Å². The largest absolute Gasteiger partial charge is 0.298 e. The zero-order chi connectivity index (χ0) is 11.4. The van der Waals surface area contributed by atoms with Gasteiger partial charge >= 0.3 is 0 Å². The number of carbonyl (C=O) groups excluding carboxylic acids is 1. The molecule has 84 valence electrons. The molecule has 0 N–H and O–H groups in total. The van der Waals surface area contributed by atoms with Crippen molar-refractivity contribution < 1.29 is 4.79 Å². The summed E-state index contributed by atoms with van der Waals surface area (Å²) in [4.78, 5) is 12.1. The van der Waals surface area contributed by atoms with Gasteiger partial charge in [-0.15, -0.1) is 11.8 Å². The van der Waals surface area contributed by atoms with Crippen LogP contribution in [0.4, 0.5) is 0 Å². The van der Waals surface area contributed by atoms with Crippen molar-refractivity contribution in [1.29, 1.82) is 0 Å². The summed E-state index contributed by atoms with van der Waals surface area (Å²) in [5.74, 6) is 1.15. The first kappa shape index (κ1) is 11.5. The maximum atomic E-state index is 10.7. The minimum absolute atomic E-state index is 0.784. The molecule has 0 bridgehead atoms. The first-order valence-corrected chi connectivity index (χ1v) is 6.71. The molecule has 0 radical (unpaired) electrons. The van der Waals surface area contributed by atoms with Crippen LogP contribution in [0.2, 0.25) is 0 Å². The molecule has 0 aromatic heterocycles. The molecule has 0 fully saturated rings. The molecule has 1 aromatic carbocycles. The highest BCUT2D eigenvalue weighted by Crippen LogP contribution is 2.29. The monoisotopic (exact) mass is 232 g/mol. The normalized spacial score (nSPS) is 18.9. The molecule has 1 aromatic rings. The Bertz CT molecular complexity index is 421. The van der Waals surface area contributed by atoms with E-state index in [0.717, 1.165) is 30.4 Å². The van der Waals surface area contributed by atoms with E-state index in [0.29, 0.717) is 0 Å². The lowest BCUT2D eigenvalue weighted by atomic mass is 10.0. The fourth-order valence-electron chi connectivity index (χ4n) is 1.94. The van der Waals surface area contributed by atoms with Crippen LogP contribution in [0.5, 0.6) is 0 Å². The molecule has 0 aliphatic carbocycles. The number of benzene rings is 1. The maximum absolute atomic E-state index is 10.7. The molecule has 1 aliphatic heterocycles. The molecule has 2 rings (SSSR count). The summed E-state index contributed by atoms with van der Waals surface area (Å²) in [6, 6.07) is 6.00. The van der Waals surface area contributed by atoms with Crippen LogP contribution in [0.25, 0.3) is 0 Å². The van der Waals surface area contributed by atoms with Gasteiger partial charge in [-0.25, -0.2) is 0 Å². The van der Waals surface area contributed by atoms with Crippen molar-refractivity contribution in [3.63, 3.8) is 0 Å². The zero-order valence-electron chi connectivity index (χ0n) is 9.53. The molecule has 1 aliphatic rings. The SMILES string of the molecule is CC/C1=C/Cc2cc(C=O)ccc2SCC1. The second-order valence-corrected chi connectivity index (χ2v) is 5.14. The van der Waals surface area contributed by atoms with Gasteiger partial charge < -0.3 is 0 Å². The van der Waals surface area contributed by atoms with Crippen LogP contribution < -0.4 is 0 Å². The lowest BCUT2D eigenvalue weighted by Crippen LogP contribution is -1.96. The molecule has 16 heavy (non-hydrogen) atoms. The molecule has 0 saturated heterocycles. The van der Waals surface area contributed by atoms with E-state index >= 15 is 0 Å². The fourth-order valence-corrected chi connectivity index (χ4v) is 3.02. The van der Waals surface area contributed by atoms with Gasteiger partial charge in [-0.3, -0.25) is 4.79 Å². The van der Waals surface area contributed by atoms with Gasteiger partial charge in [-0.1, -0.05) is 24.6 Å². The van der Waals surface area contributed by atoms with Crippen molar-refractivity contribution in [1.82, 2.24) is 0 Å². The summed E-state index contributed by atoms with van der Waals surface area (Å²) in [5.41, 5.74) is 3.61. The molecule has 0 unspecified atom stereocenters. The van der Waals surface area contributed by atoms with Crippen LogP contribution in [0, 0.1) is 0 Å². The molecule has 0 amide bonds. The number of hydrogen-bond acceptors (Lipinski definition) is 2. The fraction of sp³-hybridized carbons (Fsp3) is 0.357. The zero-order valence-corrected chi connectivity index (χ0v) is 10.3. The number of aldehydes is 1. The van der Waals surface area contributed by atoms with Gasteiger partial charge in [0, 0.05) is 16.2 Å². The first-order valence-electron chi connectivity index (χ1n) is 5.72. The van der Waals surface area contributed by atoms with Gasteiger partial charge in [0.1, 0.15) is 6.29 Å². The Morgan fingerprint density at radius 3 is 3.06 bits per heavy atom. The Labute approximate surface area is 101 Å². The number of carbonyl (C=O) groups is 1. The Hall–Kier alpha value is -1.02. The Morgan fingerprint density at radius 2 is 2.31 bits per heavy atom. The predicted molar refractivity (Wildman–Crippen MR) is 69.2 cm³/mol. The quantitative estimate of drug-likeness (QED) is 0.568. The van der Waals surface area contributed by atoms with Crippen molar-refractivity contribution in [3.8, 4) is 0 Å². The summed E-state index contributed by atoms with van der Waals surface area (Å²) in [6.45, 7) is 2.21. The summed E-state index contributed by atoms with van der Waals surface area (Å²) in [7, 11) is 0. The van der Waals surface area contributed by atoms with Crippen LogP contribution in [-0.2, 0) is 6.42 Å². The number of allylic oxidation sites excluding steroid dienone is 2. The molecular weight excluding hydrogens is 216 g/mol. The summed E-state index contributed by atoms with van der Waals surface area (Å²) < 4.78 is 0. The highest BCUT2D eigenvalue weighted by atomic mass is 32.2. The highest BCUT2D eigenvalue weighted by molar-refractivity contribution is 7.99. The van der Waals surface area contributed by atoms with E-state index in [4.69, 9.17) is 0 Å². The van der Waals surface area contributed by atoms with Gasteiger partial charge in [0.15, 0.2) is 0 Å². The lowest BCUT2D eigenvalue weighted by Gasteiger charge is -2.13. The first-order chi connectivity index (χ1) is 7.83. The highest BCUT2D eigenvalue weighted by Gasteiger charge is 2.08. The third kappa shape index (κ3) is 2.56. The van der Waals surface area contributed by atoms with E-state index in [1.54, 1.807) is 0 Å². The average Bonchev–Trinajstić information content (AvgIpc) is 2.30. The number of thioether (sulfide) groups is 1. The summed E-state index contributed by atoms with van der Waals surface area (Å²) in [5, 5.41) is 0. The minimum Gasteiger partial charge on any atom is -0.298 e. The van der Waals surface area contributed by atoms with Crippen LogP contribution in [0.3, 0.4) is 0 Å². The van der Waals surface area contributed by atoms with Crippen molar-refractivity contribution in [2.45, 2.75) is 31.1 Å². The van der Waals surface area contributed by atoms with Crippen LogP contribution >= 0.6 is 11.8 Å². The second-order valence-electron chi connectivity index (χ2n) is 4.00. The molecular formula is C14H16OS. The van der Waals surface area contributed by atoms with Gasteiger partial charge in [-0.05, 0) is 37.0 Å². The summed E-state index contributed by atoms with van der Waals surface area (Å²) >= 11 is 1.90. The Balaban J connectivity index is 2.31. The number of fused-ring (bicyclic) bond motifs is 1. The van der Waals surface area contributed by atoms with E-state index in [-0.39, 0.29) is 0 Å². The van der Waals surface area contributed by atoms with Crippen molar-refractivity contribution in [2.75, 3.05) is 5.75 Å². The Morgan fingerprint density at radius 1 is 1.44 bits per heavy atom. The molecule has 0 saturated carbocycles. The smallest absolute Gasteiger partial charge is 0.150 e. The van der Waals surface area contributed by atoms with Gasteiger partial charge in [-0.2, -0.15) is 0 Å². The molecule has 1 heterocycles. The van der Waals surface area contributed by atoms with Crippen molar-refractivity contribution >= 4 is 18.0 Å². The standard InChI is InChI=1S/C14H16OS/c1-2-11-3-5-13-9-12(10-15)4-6-14(13)16-8-7-11/h3-4,6,9-10H,2,5,7-8H2,1H3/b11-3-. The topological polar surface area (TPSA) is 17.1 Å². The van der Waals surface area contributed by atoms with Gasteiger partial charge in [0.25, 0.3) is 0 Å². The third-order valence-corrected chi connectivity index (χ3v) is 4.08. The number of hydrogen-bond donors (Lipinski definition) is 0. The van der Waals surface area contributed by atoms with Crippen LogP contribution in [-0.4, -0.2) is 12.0 Å². The second kappa shape index (κ2) is 5.35. The average molecular weight is 232 g/mol. The summed E-state index contributed by atoms with van der Waals surface area (Å²) in [6.07, 6.45) is 6.55. The van der Waals surface area contributed by atoms with E-state index in [1.165, 1.54) is 22.5 Å². The van der Waals surface area contributed by atoms with Gasteiger partial charge in [0.2, 0.25) is 0 Å². The molecule has 0 spiro atoms. The molecule has 2 heteroatoms. The lowest BCUT2D eigenvalue weighted by molar-refractivity contribution is 0.112. The Kier molecular flexibility index (Phi) is 3.83. The van der Waals surface area contributed by atoms with E-state index in [1.807, 2.05) is 23.9 Å². The van der Waals surface area contributed by atoms with Crippen LogP contribution in [0.15, 0.2) is 34.7 Å².